The second-order valence-electron chi connectivity index (χ2n) is 6.98. The molecule has 0 spiro atoms. The molecule has 0 aliphatic carbocycles. The lowest BCUT2D eigenvalue weighted by Gasteiger charge is -2.28. The summed E-state index contributed by atoms with van der Waals surface area (Å²) in [5, 5.41) is 0. The van der Waals surface area contributed by atoms with Crippen molar-refractivity contribution in [3.8, 4) is 0 Å². The van der Waals surface area contributed by atoms with Gasteiger partial charge in [0.25, 0.3) is 5.91 Å². The van der Waals surface area contributed by atoms with Crippen LogP contribution in [-0.2, 0) is 0 Å². The minimum absolute atomic E-state index is 0.00142. The molecule has 26 heavy (non-hydrogen) atoms. The van der Waals surface area contributed by atoms with Crippen LogP contribution in [-0.4, -0.2) is 27.3 Å². The molecule has 134 valence electrons. The van der Waals surface area contributed by atoms with Crippen molar-refractivity contribution in [2.45, 2.75) is 45.6 Å². The van der Waals surface area contributed by atoms with Crippen molar-refractivity contribution < 1.29 is 9.21 Å². The summed E-state index contributed by atoms with van der Waals surface area (Å²) in [6, 6.07) is 9.47. The van der Waals surface area contributed by atoms with Gasteiger partial charge < -0.3 is 9.32 Å². The van der Waals surface area contributed by atoms with E-state index in [9.17, 15) is 4.79 Å². The molecule has 1 aromatic carbocycles. The van der Waals surface area contributed by atoms with Crippen LogP contribution in [0.4, 0.5) is 0 Å². The Balaban J connectivity index is 1.70. The second-order valence-corrected chi connectivity index (χ2v) is 6.98. The smallest absolute Gasteiger partial charge is 0.254 e. The van der Waals surface area contributed by atoms with E-state index >= 15 is 0 Å². The molecule has 5 nitrogen and oxygen atoms in total. The molecule has 0 saturated carbocycles. The highest BCUT2D eigenvalue weighted by atomic mass is 16.3. The molecule has 1 saturated heterocycles. The van der Waals surface area contributed by atoms with E-state index in [4.69, 9.17) is 4.42 Å². The predicted octanol–water partition coefficient (Wildman–Crippen LogP) is 4.60. The van der Waals surface area contributed by atoms with Gasteiger partial charge in [-0.3, -0.25) is 4.79 Å². The van der Waals surface area contributed by atoms with Crippen molar-refractivity contribution in [2.24, 2.45) is 0 Å². The number of nitrogens with zero attached hydrogens (tertiary/aromatic N) is 3. The first-order valence-electron chi connectivity index (χ1n) is 9.23. The van der Waals surface area contributed by atoms with Crippen LogP contribution in [0, 0.1) is 13.8 Å². The number of carbonyl (C=O) groups excluding carboxylic acids is 1. The van der Waals surface area contributed by atoms with Crippen LogP contribution in [0.1, 0.15) is 59.2 Å². The maximum Gasteiger partial charge on any atom is 0.254 e. The van der Waals surface area contributed by atoms with Crippen molar-refractivity contribution in [2.75, 3.05) is 6.54 Å². The van der Waals surface area contributed by atoms with Crippen LogP contribution in [0.2, 0.25) is 0 Å². The lowest BCUT2D eigenvalue weighted by molar-refractivity contribution is 0.0658. The number of aryl methyl sites for hydroxylation is 2. The third-order valence-electron chi connectivity index (χ3n) is 5.21. The molecular formula is C21H23N3O2. The van der Waals surface area contributed by atoms with Crippen LogP contribution >= 0.6 is 0 Å². The Labute approximate surface area is 153 Å². The number of likely N-dealkylation sites (tertiary alicyclic amines) is 1. The van der Waals surface area contributed by atoms with E-state index in [1.54, 1.807) is 6.26 Å². The molecule has 5 heteroatoms. The van der Waals surface area contributed by atoms with Crippen LogP contribution in [0.3, 0.4) is 0 Å². The molecule has 1 amide bonds. The number of aromatic nitrogens is 2. The van der Waals surface area contributed by atoms with Gasteiger partial charge in [-0.05, 0) is 57.0 Å². The molecule has 4 rings (SSSR count). The van der Waals surface area contributed by atoms with Crippen molar-refractivity contribution in [3.05, 3.63) is 59.3 Å². The van der Waals surface area contributed by atoms with Gasteiger partial charge in [0.1, 0.15) is 5.76 Å². The molecule has 1 atom stereocenters. The van der Waals surface area contributed by atoms with E-state index in [2.05, 4.69) is 9.97 Å². The van der Waals surface area contributed by atoms with E-state index in [0.29, 0.717) is 5.56 Å². The summed E-state index contributed by atoms with van der Waals surface area (Å²) in [5.74, 6) is 0.905. The van der Waals surface area contributed by atoms with Gasteiger partial charge in [0.2, 0.25) is 0 Å². The molecule has 0 bridgehead atoms. The minimum Gasteiger partial charge on any atom is -0.467 e. The fourth-order valence-corrected chi connectivity index (χ4v) is 3.66. The van der Waals surface area contributed by atoms with E-state index in [-0.39, 0.29) is 11.9 Å². The Morgan fingerprint density at radius 1 is 1.08 bits per heavy atom. The molecule has 1 fully saturated rings. The maximum absolute atomic E-state index is 13.3. The van der Waals surface area contributed by atoms with E-state index in [1.165, 1.54) is 0 Å². The van der Waals surface area contributed by atoms with Crippen LogP contribution < -0.4 is 0 Å². The van der Waals surface area contributed by atoms with Crippen molar-refractivity contribution >= 4 is 16.9 Å². The first kappa shape index (κ1) is 16.8. The zero-order valence-corrected chi connectivity index (χ0v) is 15.2. The van der Waals surface area contributed by atoms with Gasteiger partial charge in [-0.2, -0.15) is 0 Å². The first-order valence-corrected chi connectivity index (χ1v) is 9.23. The lowest BCUT2D eigenvalue weighted by Crippen LogP contribution is -2.34. The Morgan fingerprint density at radius 3 is 2.65 bits per heavy atom. The van der Waals surface area contributed by atoms with Gasteiger partial charge in [-0.25, -0.2) is 9.97 Å². The van der Waals surface area contributed by atoms with Gasteiger partial charge in [0, 0.05) is 12.1 Å². The van der Waals surface area contributed by atoms with Gasteiger partial charge in [-0.15, -0.1) is 0 Å². The largest absolute Gasteiger partial charge is 0.467 e. The number of hydrogen-bond donors (Lipinski definition) is 0. The number of benzene rings is 1. The summed E-state index contributed by atoms with van der Waals surface area (Å²) in [5.41, 5.74) is 4.06. The molecule has 2 aromatic heterocycles. The quantitative estimate of drug-likeness (QED) is 0.678. The molecular weight excluding hydrogens is 326 g/mol. The van der Waals surface area contributed by atoms with Crippen LogP contribution in [0.15, 0.2) is 41.0 Å². The van der Waals surface area contributed by atoms with Crippen molar-refractivity contribution in [1.29, 1.82) is 0 Å². The number of fused-ring (bicyclic) bond motifs is 1. The Bertz CT molecular complexity index is 934. The lowest BCUT2D eigenvalue weighted by atomic mass is 10.1. The average Bonchev–Trinajstić information content (AvgIpc) is 3.06. The summed E-state index contributed by atoms with van der Waals surface area (Å²) in [7, 11) is 0. The molecule has 0 N–H and O–H groups in total. The standard InChI is InChI=1S/C21H23N3O2/c1-14-15(2)23-18-13-16(9-10-17(18)22-14)21(25)24-11-5-3-4-7-19(24)20-8-6-12-26-20/h6,8-10,12-13,19H,3-5,7,11H2,1-2H3/t19-/m0/s1. The normalized spacial score (nSPS) is 18.1. The monoisotopic (exact) mass is 349 g/mol. The average molecular weight is 349 g/mol. The molecule has 1 aliphatic heterocycles. The maximum atomic E-state index is 13.3. The number of amides is 1. The van der Waals surface area contributed by atoms with Crippen LogP contribution in [0.25, 0.3) is 11.0 Å². The number of rotatable bonds is 2. The SMILES string of the molecule is Cc1nc2ccc(C(=O)N3CCCCC[C@H]3c3ccco3)cc2nc1C. The fourth-order valence-electron chi connectivity index (χ4n) is 3.66. The molecule has 0 radical (unpaired) electrons. The summed E-state index contributed by atoms with van der Waals surface area (Å²) < 4.78 is 5.63. The first-order chi connectivity index (χ1) is 12.6. The highest BCUT2D eigenvalue weighted by Gasteiger charge is 2.29. The Kier molecular flexibility index (Phi) is 4.45. The van der Waals surface area contributed by atoms with Crippen molar-refractivity contribution in [1.82, 2.24) is 14.9 Å². The van der Waals surface area contributed by atoms with Gasteiger partial charge in [-0.1, -0.05) is 12.8 Å². The summed E-state index contributed by atoms with van der Waals surface area (Å²) in [4.78, 5) is 24.4. The highest BCUT2D eigenvalue weighted by Crippen LogP contribution is 2.32. The Morgan fingerprint density at radius 2 is 1.88 bits per heavy atom. The molecule has 3 aromatic rings. The fraction of sp³-hybridized carbons (Fsp3) is 0.381. The molecule has 1 aliphatic rings. The predicted molar refractivity (Wildman–Crippen MR) is 100.0 cm³/mol. The zero-order valence-electron chi connectivity index (χ0n) is 15.2. The topological polar surface area (TPSA) is 59.2 Å². The Hall–Kier alpha value is -2.69. The van der Waals surface area contributed by atoms with E-state index in [0.717, 1.165) is 60.4 Å². The van der Waals surface area contributed by atoms with E-state index in [1.807, 2.05) is 49.1 Å². The zero-order chi connectivity index (χ0) is 18.1. The third-order valence-corrected chi connectivity index (χ3v) is 5.21. The molecule has 3 heterocycles. The highest BCUT2D eigenvalue weighted by molar-refractivity contribution is 5.97. The minimum atomic E-state index is 0.00142. The van der Waals surface area contributed by atoms with Gasteiger partial charge in [0.15, 0.2) is 0 Å². The summed E-state index contributed by atoms with van der Waals surface area (Å²) >= 11 is 0. The third kappa shape index (κ3) is 3.09. The van der Waals surface area contributed by atoms with Gasteiger partial charge in [0.05, 0.1) is 34.7 Å². The summed E-state index contributed by atoms with van der Waals surface area (Å²) in [6.07, 6.45) is 5.89. The van der Waals surface area contributed by atoms with E-state index < -0.39 is 0 Å². The second kappa shape index (κ2) is 6.90. The number of furan rings is 1. The van der Waals surface area contributed by atoms with Crippen molar-refractivity contribution in [3.63, 3.8) is 0 Å². The molecule has 0 unspecified atom stereocenters. The summed E-state index contributed by atoms with van der Waals surface area (Å²) in [6.45, 7) is 4.64. The van der Waals surface area contributed by atoms with Gasteiger partial charge >= 0.3 is 0 Å². The van der Waals surface area contributed by atoms with Crippen LogP contribution in [0.5, 0.6) is 0 Å². The number of carbonyl (C=O) groups is 1. The number of hydrogen-bond acceptors (Lipinski definition) is 4.